The maximum atomic E-state index is 5.74. The number of rotatable bonds is 8. The van der Waals surface area contributed by atoms with Crippen molar-refractivity contribution in [2.45, 2.75) is 22.6 Å². The van der Waals surface area contributed by atoms with E-state index in [1.165, 1.54) is 35.2 Å². The van der Waals surface area contributed by atoms with E-state index < -0.39 is 0 Å². The van der Waals surface area contributed by atoms with Gasteiger partial charge < -0.3 is 0 Å². The Balaban J connectivity index is 1.98. The van der Waals surface area contributed by atoms with E-state index in [0.29, 0.717) is 0 Å². The van der Waals surface area contributed by atoms with Crippen molar-refractivity contribution in [3.05, 3.63) is 85.0 Å². The fourth-order valence-corrected chi connectivity index (χ4v) is 3.42. The zero-order chi connectivity index (χ0) is 14.9. The predicted molar refractivity (Wildman–Crippen MR) is 93.5 cm³/mol. The molecule has 2 aromatic carbocycles. The zero-order valence-electron chi connectivity index (χ0n) is 11.8. The predicted octanol–water partition coefficient (Wildman–Crippen LogP) is 5.87. The van der Waals surface area contributed by atoms with Gasteiger partial charge in [0.1, 0.15) is 0 Å². The Morgan fingerprint density at radius 3 is 1.62 bits per heavy atom. The van der Waals surface area contributed by atoms with Crippen LogP contribution in [0.4, 0.5) is 0 Å². The number of hydrogen-bond acceptors (Lipinski definition) is 3. The molecule has 1 nitrogen and oxygen atoms in total. The summed E-state index contributed by atoms with van der Waals surface area (Å²) < 4.78 is 5.74. The van der Waals surface area contributed by atoms with Crippen LogP contribution in [0.15, 0.2) is 83.6 Å². The van der Waals surface area contributed by atoms with Gasteiger partial charge in [-0.15, -0.1) is 13.2 Å². The van der Waals surface area contributed by atoms with Crippen LogP contribution in [0.1, 0.15) is 11.1 Å². The van der Waals surface area contributed by atoms with Gasteiger partial charge >= 0.3 is 0 Å². The molecule has 108 valence electrons. The first kappa shape index (κ1) is 16.0. The fraction of sp³-hybridized carbons (Fsp3) is 0.111. The van der Waals surface area contributed by atoms with Crippen molar-refractivity contribution < 1.29 is 3.63 Å². The second-order valence-electron chi connectivity index (χ2n) is 4.44. The second-order valence-corrected chi connectivity index (χ2v) is 6.19. The summed E-state index contributed by atoms with van der Waals surface area (Å²) in [6.07, 6.45) is 5.52. The van der Waals surface area contributed by atoms with E-state index in [0.717, 1.165) is 22.6 Å². The van der Waals surface area contributed by atoms with Crippen molar-refractivity contribution in [1.82, 2.24) is 0 Å². The summed E-state index contributed by atoms with van der Waals surface area (Å²) in [5.74, 6) is 0. The van der Waals surface area contributed by atoms with Gasteiger partial charge in [-0.25, -0.2) is 3.63 Å². The second kappa shape index (κ2) is 8.78. The van der Waals surface area contributed by atoms with E-state index in [-0.39, 0.29) is 0 Å². The molecule has 0 unspecified atom stereocenters. The lowest BCUT2D eigenvalue weighted by molar-refractivity contribution is 0.754. The molecule has 0 heterocycles. The summed E-state index contributed by atoms with van der Waals surface area (Å²) in [6, 6.07) is 16.5. The third-order valence-corrected chi connectivity index (χ3v) is 4.62. The molecule has 0 aliphatic heterocycles. The molecular weight excluding hydrogens is 296 g/mol. The van der Waals surface area contributed by atoms with E-state index in [4.69, 9.17) is 3.63 Å². The van der Waals surface area contributed by atoms with Crippen molar-refractivity contribution in [2.24, 2.45) is 0 Å². The minimum Gasteiger partial charge on any atom is -0.237 e. The van der Waals surface area contributed by atoms with E-state index in [1.807, 2.05) is 36.4 Å². The van der Waals surface area contributed by atoms with Crippen LogP contribution in [-0.4, -0.2) is 0 Å². The molecule has 0 fully saturated rings. The molecule has 0 atom stereocenters. The first-order chi connectivity index (χ1) is 10.3. The molecule has 2 aromatic rings. The van der Waals surface area contributed by atoms with Crippen molar-refractivity contribution >= 4 is 24.1 Å². The van der Waals surface area contributed by atoms with Crippen LogP contribution in [0.25, 0.3) is 0 Å². The van der Waals surface area contributed by atoms with Gasteiger partial charge in [0.25, 0.3) is 0 Å². The van der Waals surface area contributed by atoms with Crippen LogP contribution in [0.5, 0.6) is 0 Å². The molecule has 0 saturated carbocycles. The van der Waals surface area contributed by atoms with Gasteiger partial charge in [-0.3, -0.25) is 0 Å². The zero-order valence-corrected chi connectivity index (χ0v) is 13.5. The average Bonchev–Trinajstić information content (AvgIpc) is 2.51. The molecule has 0 radical (unpaired) electrons. The van der Waals surface area contributed by atoms with Gasteiger partial charge in [-0.2, -0.15) is 0 Å². The Kier molecular flexibility index (Phi) is 6.67. The first-order valence-electron chi connectivity index (χ1n) is 6.74. The SMILES string of the molecule is C=CCc1ccccc1SOSc1ccccc1CC=C. The van der Waals surface area contributed by atoms with Crippen molar-refractivity contribution in [2.75, 3.05) is 0 Å². The molecule has 2 rings (SSSR count). The van der Waals surface area contributed by atoms with Crippen molar-refractivity contribution in [1.29, 1.82) is 0 Å². The molecule has 0 aromatic heterocycles. The van der Waals surface area contributed by atoms with Crippen molar-refractivity contribution in [3.8, 4) is 0 Å². The molecule has 0 bridgehead atoms. The van der Waals surface area contributed by atoms with E-state index >= 15 is 0 Å². The topological polar surface area (TPSA) is 9.23 Å². The lowest BCUT2D eigenvalue weighted by atomic mass is 10.1. The van der Waals surface area contributed by atoms with Gasteiger partial charge in [0.05, 0.1) is 0 Å². The smallest absolute Gasteiger partial charge is 0.0450 e. The Labute approximate surface area is 135 Å². The number of benzene rings is 2. The molecule has 0 aliphatic rings. The van der Waals surface area contributed by atoms with Gasteiger partial charge in [-0.1, -0.05) is 48.6 Å². The summed E-state index contributed by atoms with van der Waals surface area (Å²) >= 11 is 2.80. The van der Waals surface area contributed by atoms with Crippen LogP contribution >= 0.6 is 24.1 Å². The van der Waals surface area contributed by atoms with Crippen molar-refractivity contribution in [3.63, 3.8) is 0 Å². The highest BCUT2D eigenvalue weighted by Crippen LogP contribution is 2.33. The first-order valence-corrected chi connectivity index (χ1v) is 8.22. The van der Waals surface area contributed by atoms with Crippen LogP contribution in [0, 0.1) is 0 Å². The van der Waals surface area contributed by atoms with E-state index in [1.54, 1.807) is 0 Å². The van der Waals surface area contributed by atoms with Gasteiger partial charge in [-0.05, 0) is 36.1 Å². The largest absolute Gasteiger partial charge is 0.237 e. The molecule has 0 N–H and O–H groups in total. The summed E-state index contributed by atoms with van der Waals surface area (Å²) in [6.45, 7) is 7.58. The van der Waals surface area contributed by atoms with E-state index in [9.17, 15) is 0 Å². The third kappa shape index (κ3) is 4.81. The lowest BCUT2D eigenvalue weighted by Crippen LogP contribution is -1.86. The van der Waals surface area contributed by atoms with Crippen LogP contribution in [0.3, 0.4) is 0 Å². The molecule has 3 heteroatoms. The summed E-state index contributed by atoms with van der Waals surface area (Å²) in [5.41, 5.74) is 2.47. The van der Waals surface area contributed by atoms with Crippen LogP contribution in [0.2, 0.25) is 0 Å². The molecule has 0 saturated heterocycles. The summed E-state index contributed by atoms with van der Waals surface area (Å²) in [4.78, 5) is 2.26. The molecule has 21 heavy (non-hydrogen) atoms. The van der Waals surface area contributed by atoms with E-state index in [2.05, 4.69) is 37.4 Å². The minimum absolute atomic E-state index is 0.851. The number of hydrogen-bond donors (Lipinski definition) is 0. The highest BCUT2D eigenvalue weighted by Gasteiger charge is 2.05. The van der Waals surface area contributed by atoms with Crippen LogP contribution < -0.4 is 0 Å². The van der Waals surface area contributed by atoms with Gasteiger partial charge in [0, 0.05) is 33.9 Å². The lowest BCUT2D eigenvalue weighted by Gasteiger charge is -2.08. The fourth-order valence-electron chi connectivity index (χ4n) is 1.91. The summed E-state index contributed by atoms with van der Waals surface area (Å²) in [5, 5.41) is 0. The monoisotopic (exact) mass is 314 g/mol. The maximum Gasteiger partial charge on any atom is 0.0450 e. The Bertz CT molecular complexity index is 554. The molecule has 0 amide bonds. The highest BCUT2D eigenvalue weighted by atomic mass is 32.2. The number of allylic oxidation sites excluding steroid dienone is 2. The summed E-state index contributed by atoms with van der Waals surface area (Å²) in [7, 11) is 0. The minimum atomic E-state index is 0.851. The highest BCUT2D eigenvalue weighted by molar-refractivity contribution is 8.08. The van der Waals surface area contributed by atoms with Gasteiger partial charge in [0.15, 0.2) is 0 Å². The Morgan fingerprint density at radius 1 is 0.762 bits per heavy atom. The molecular formula is C18H18OS2. The molecule has 0 spiro atoms. The quantitative estimate of drug-likeness (QED) is 0.445. The average molecular weight is 314 g/mol. The standard InChI is InChI=1S/C18H18OS2/c1-3-9-15-11-5-7-13-17(15)20-19-21-18-14-8-6-12-16(18)10-4-2/h3-8,11-14H,1-2,9-10H2. The Morgan fingerprint density at radius 2 is 1.19 bits per heavy atom. The van der Waals surface area contributed by atoms with Gasteiger partial charge in [0.2, 0.25) is 0 Å². The third-order valence-electron chi connectivity index (χ3n) is 2.92. The Hall–Kier alpha value is -1.42. The van der Waals surface area contributed by atoms with Crippen LogP contribution in [-0.2, 0) is 16.5 Å². The molecule has 0 aliphatic carbocycles. The normalized spacial score (nSPS) is 10.3. The maximum absolute atomic E-state index is 5.74.